The van der Waals surface area contributed by atoms with E-state index < -0.39 is 0 Å². The number of benzene rings is 1. The van der Waals surface area contributed by atoms with Crippen LogP contribution in [-0.4, -0.2) is 10.4 Å². The van der Waals surface area contributed by atoms with Crippen LogP contribution in [0, 0.1) is 5.82 Å². The third kappa shape index (κ3) is 3.53. The number of hydrogen-bond donors (Lipinski definition) is 0. The van der Waals surface area contributed by atoms with Crippen molar-refractivity contribution in [1.82, 2.24) is 4.57 Å². The molecule has 0 atom stereocenters. The van der Waals surface area contributed by atoms with E-state index >= 15 is 0 Å². The second-order valence-corrected chi connectivity index (χ2v) is 5.40. The molecule has 0 saturated carbocycles. The summed E-state index contributed by atoms with van der Waals surface area (Å²) in [6, 6.07) is 6.79. The number of ketones is 1. The predicted molar refractivity (Wildman–Crippen MR) is 76.9 cm³/mol. The van der Waals surface area contributed by atoms with Crippen LogP contribution in [-0.2, 0) is 6.54 Å². The van der Waals surface area contributed by atoms with Gasteiger partial charge in [-0.25, -0.2) is 4.39 Å². The SMILES string of the molecule is CCCC(=O)c1ccn(Cc2ccc(Br)cc2F)c1. The molecule has 19 heavy (non-hydrogen) atoms. The Balaban J connectivity index is 2.13. The topological polar surface area (TPSA) is 22.0 Å². The van der Waals surface area contributed by atoms with Gasteiger partial charge in [0.15, 0.2) is 5.78 Å². The number of Topliss-reactive ketones (excluding diaryl/α,β-unsaturated/α-hetero) is 1. The number of hydrogen-bond acceptors (Lipinski definition) is 1. The van der Waals surface area contributed by atoms with Crippen molar-refractivity contribution in [2.45, 2.75) is 26.3 Å². The fourth-order valence-electron chi connectivity index (χ4n) is 1.92. The van der Waals surface area contributed by atoms with Gasteiger partial charge >= 0.3 is 0 Å². The molecule has 1 aromatic heterocycles. The van der Waals surface area contributed by atoms with E-state index in [0.717, 1.165) is 10.9 Å². The van der Waals surface area contributed by atoms with E-state index in [2.05, 4.69) is 15.9 Å². The van der Waals surface area contributed by atoms with Crippen LogP contribution in [0.25, 0.3) is 0 Å². The minimum Gasteiger partial charge on any atom is -0.349 e. The molecule has 0 spiro atoms. The molecule has 1 heterocycles. The van der Waals surface area contributed by atoms with E-state index in [4.69, 9.17) is 0 Å². The molecule has 0 aliphatic rings. The molecule has 1 aromatic carbocycles. The zero-order valence-corrected chi connectivity index (χ0v) is 12.3. The van der Waals surface area contributed by atoms with E-state index in [1.54, 1.807) is 18.3 Å². The van der Waals surface area contributed by atoms with Crippen molar-refractivity contribution in [3.05, 3.63) is 58.1 Å². The van der Waals surface area contributed by atoms with Crippen LogP contribution in [0.1, 0.15) is 35.7 Å². The Morgan fingerprint density at radius 3 is 2.84 bits per heavy atom. The van der Waals surface area contributed by atoms with Crippen molar-refractivity contribution in [2.75, 3.05) is 0 Å². The number of rotatable bonds is 5. The zero-order chi connectivity index (χ0) is 13.8. The number of carbonyl (C=O) groups excluding carboxylic acids is 1. The molecule has 2 aromatic rings. The minimum absolute atomic E-state index is 0.137. The Hall–Kier alpha value is -1.42. The van der Waals surface area contributed by atoms with E-state index in [1.165, 1.54) is 6.07 Å². The molecule has 0 amide bonds. The van der Waals surface area contributed by atoms with Gasteiger partial charge in [0.2, 0.25) is 0 Å². The van der Waals surface area contributed by atoms with Crippen molar-refractivity contribution in [3.63, 3.8) is 0 Å². The van der Waals surface area contributed by atoms with Gasteiger partial charge in [0, 0.05) is 41.0 Å². The van der Waals surface area contributed by atoms with Gasteiger partial charge < -0.3 is 4.57 Å². The highest BCUT2D eigenvalue weighted by Crippen LogP contribution is 2.17. The first-order chi connectivity index (χ1) is 9.10. The highest BCUT2D eigenvalue weighted by molar-refractivity contribution is 9.10. The predicted octanol–water partition coefficient (Wildman–Crippen LogP) is 4.42. The third-order valence-corrected chi connectivity index (χ3v) is 3.41. The molecule has 2 rings (SSSR count). The summed E-state index contributed by atoms with van der Waals surface area (Å²) in [7, 11) is 0. The summed E-state index contributed by atoms with van der Waals surface area (Å²) < 4.78 is 16.3. The Morgan fingerprint density at radius 2 is 2.16 bits per heavy atom. The molecular formula is C15H15BrFNO. The third-order valence-electron chi connectivity index (χ3n) is 2.92. The van der Waals surface area contributed by atoms with Crippen molar-refractivity contribution >= 4 is 21.7 Å². The Labute approximate surface area is 120 Å². The second kappa shape index (κ2) is 6.15. The average molecular weight is 324 g/mol. The maximum absolute atomic E-state index is 13.7. The van der Waals surface area contributed by atoms with E-state index in [1.807, 2.05) is 23.8 Å². The molecular weight excluding hydrogens is 309 g/mol. The van der Waals surface area contributed by atoms with Gasteiger partial charge in [-0.15, -0.1) is 0 Å². The monoisotopic (exact) mass is 323 g/mol. The lowest BCUT2D eigenvalue weighted by Crippen LogP contribution is -2.00. The largest absolute Gasteiger partial charge is 0.349 e. The number of nitrogens with zero attached hydrogens (tertiary/aromatic N) is 1. The van der Waals surface area contributed by atoms with Crippen LogP contribution < -0.4 is 0 Å². The number of halogens is 2. The summed E-state index contributed by atoms with van der Waals surface area (Å²) in [4.78, 5) is 11.7. The summed E-state index contributed by atoms with van der Waals surface area (Å²) in [5, 5.41) is 0. The standard InChI is InChI=1S/C15H15BrFNO/c1-2-3-15(19)12-6-7-18(10-12)9-11-4-5-13(16)8-14(11)17/h4-8,10H,2-3,9H2,1H3. The van der Waals surface area contributed by atoms with Crippen molar-refractivity contribution in [2.24, 2.45) is 0 Å². The number of aromatic nitrogens is 1. The number of carbonyl (C=O) groups is 1. The Bertz CT molecular complexity index is 592. The summed E-state index contributed by atoms with van der Waals surface area (Å²) in [5.41, 5.74) is 1.30. The molecule has 0 radical (unpaired) electrons. The van der Waals surface area contributed by atoms with Crippen LogP contribution in [0.15, 0.2) is 41.1 Å². The normalized spacial score (nSPS) is 10.7. The first-order valence-electron chi connectivity index (χ1n) is 6.23. The molecule has 100 valence electrons. The molecule has 0 saturated heterocycles. The van der Waals surface area contributed by atoms with E-state index in [9.17, 15) is 9.18 Å². The molecule has 0 fully saturated rings. The van der Waals surface area contributed by atoms with Gasteiger partial charge in [-0.1, -0.05) is 28.9 Å². The average Bonchev–Trinajstić information content (AvgIpc) is 2.82. The molecule has 0 unspecified atom stereocenters. The van der Waals surface area contributed by atoms with Gasteiger partial charge in [-0.05, 0) is 24.6 Å². The molecule has 2 nitrogen and oxygen atoms in total. The molecule has 0 aliphatic carbocycles. The fourth-order valence-corrected chi connectivity index (χ4v) is 2.26. The summed E-state index contributed by atoms with van der Waals surface area (Å²) in [6.07, 6.45) is 4.98. The molecule has 0 aliphatic heterocycles. The van der Waals surface area contributed by atoms with Gasteiger partial charge in [0.25, 0.3) is 0 Å². The lowest BCUT2D eigenvalue weighted by atomic mass is 10.1. The molecule has 4 heteroatoms. The molecule has 0 bridgehead atoms. The van der Waals surface area contributed by atoms with Crippen LogP contribution in [0.2, 0.25) is 0 Å². The maximum atomic E-state index is 13.7. The van der Waals surface area contributed by atoms with Crippen LogP contribution in [0.4, 0.5) is 4.39 Å². The van der Waals surface area contributed by atoms with Crippen LogP contribution in [0.5, 0.6) is 0 Å². The summed E-state index contributed by atoms with van der Waals surface area (Å²) >= 11 is 3.23. The van der Waals surface area contributed by atoms with Gasteiger partial charge in [0.1, 0.15) is 5.82 Å². The van der Waals surface area contributed by atoms with Crippen LogP contribution >= 0.6 is 15.9 Å². The van der Waals surface area contributed by atoms with E-state index in [0.29, 0.717) is 24.1 Å². The first-order valence-corrected chi connectivity index (χ1v) is 7.02. The van der Waals surface area contributed by atoms with Crippen molar-refractivity contribution in [3.8, 4) is 0 Å². The van der Waals surface area contributed by atoms with E-state index in [-0.39, 0.29) is 11.6 Å². The van der Waals surface area contributed by atoms with Gasteiger partial charge in [-0.3, -0.25) is 4.79 Å². The summed E-state index contributed by atoms with van der Waals surface area (Å²) in [6.45, 7) is 2.41. The Morgan fingerprint density at radius 1 is 1.37 bits per heavy atom. The lowest BCUT2D eigenvalue weighted by molar-refractivity contribution is 0.0981. The second-order valence-electron chi connectivity index (χ2n) is 4.48. The fraction of sp³-hybridized carbons (Fsp3) is 0.267. The van der Waals surface area contributed by atoms with Crippen molar-refractivity contribution in [1.29, 1.82) is 0 Å². The molecule has 0 N–H and O–H groups in total. The Kier molecular flexibility index (Phi) is 4.53. The maximum Gasteiger partial charge on any atom is 0.164 e. The van der Waals surface area contributed by atoms with Gasteiger partial charge in [0.05, 0.1) is 0 Å². The smallest absolute Gasteiger partial charge is 0.164 e. The minimum atomic E-state index is -0.246. The highest BCUT2D eigenvalue weighted by atomic mass is 79.9. The zero-order valence-electron chi connectivity index (χ0n) is 10.7. The quantitative estimate of drug-likeness (QED) is 0.746. The highest BCUT2D eigenvalue weighted by Gasteiger charge is 2.08. The van der Waals surface area contributed by atoms with Crippen molar-refractivity contribution < 1.29 is 9.18 Å². The first kappa shape index (κ1) is 14.0. The van der Waals surface area contributed by atoms with Gasteiger partial charge in [-0.2, -0.15) is 0 Å². The van der Waals surface area contributed by atoms with Crippen LogP contribution in [0.3, 0.4) is 0 Å². The summed E-state index contributed by atoms with van der Waals surface area (Å²) in [5.74, 6) is -0.109. The lowest BCUT2D eigenvalue weighted by Gasteiger charge is -2.05.